The van der Waals surface area contributed by atoms with Gasteiger partial charge in [0, 0.05) is 47.9 Å². The molecule has 0 N–H and O–H groups in total. The molecule has 0 bridgehead atoms. The molecule has 0 fully saturated rings. The predicted octanol–water partition coefficient (Wildman–Crippen LogP) is 4.78. The van der Waals surface area contributed by atoms with Gasteiger partial charge in [-0.3, -0.25) is 10.1 Å². The normalized spacial score (nSPS) is 15.9. The molecule has 0 aliphatic heterocycles. The van der Waals surface area contributed by atoms with Crippen molar-refractivity contribution in [3.63, 3.8) is 0 Å². The van der Waals surface area contributed by atoms with E-state index in [4.69, 9.17) is 9.47 Å². The van der Waals surface area contributed by atoms with E-state index < -0.39 is 0 Å². The number of ether oxygens (including phenoxy) is 2. The summed E-state index contributed by atoms with van der Waals surface area (Å²) in [6.45, 7) is 3.09. The van der Waals surface area contributed by atoms with Gasteiger partial charge in [-0.1, -0.05) is 25.1 Å². The number of allylic oxidation sites excluding steroid dienone is 1. The third-order valence-corrected chi connectivity index (χ3v) is 5.13. The Hall–Kier alpha value is -3.12. The summed E-state index contributed by atoms with van der Waals surface area (Å²) in [4.78, 5) is 11.1. The van der Waals surface area contributed by atoms with Gasteiger partial charge < -0.3 is 14.0 Å². The fourth-order valence-corrected chi connectivity index (χ4v) is 3.90. The number of aromatic nitrogens is 1. The van der Waals surface area contributed by atoms with Crippen molar-refractivity contribution in [2.75, 3.05) is 20.3 Å². The number of benzene rings is 2. The Labute approximate surface area is 163 Å². The molecule has 0 amide bonds. The number of methoxy groups -OCH3 is 1. The summed E-state index contributed by atoms with van der Waals surface area (Å²) in [7, 11) is 1.65. The number of hydrogen-bond acceptors (Lipinski definition) is 4. The van der Waals surface area contributed by atoms with Crippen molar-refractivity contribution in [3.8, 4) is 11.4 Å². The average Bonchev–Trinajstić information content (AvgIpc) is 3.04. The van der Waals surface area contributed by atoms with E-state index in [1.807, 2.05) is 49.4 Å². The van der Waals surface area contributed by atoms with Crippen LogP contribution >= 0.6 is 0 Å². The van der Waals surface area contributed by atoms with Crippen molar-refractivity contribution in [1.29, 1.82) is 0 Å². The molecule has 0 spiro atoms. The molecule has 3 aromatic rings. The Morgan fingerprint density at radius 1 is 1.14 bits per heavy atom. The van der Waals surface area contributed by atoms with Crippen LogP contribution in [0.25, 0.3) is 22.7 Å². The van der Waals surface area contributed by atoms with Crippen LogP contribution < -0.4 is 4.74 Å². The lowest BCUT2D eigenvalue weighted by Gasteiger charge is -2.20. The molecule has 1 atom stereocenters. The van der Waals surface area contributed by atoms with Crippen LogP contribution in [0.5, 0.6) is 5.75 Å². The van der Waals surface area contributed by atoms with E-state index in [9.17, 15) is 10.1 Å². The van der Waals surface area contributed by atoms with Crippen LogP contribution in [0.3, 0.4) is 0 Å². The Bertz CT molecular complexity index is 1050. The van der Waals surface area contributed by atoms with Gasteiger partial charge in [0.15, 0.2) is 0 Å². The van der Waals surface area contributed by atoms with Gasteiger partial charge in [-0.05, 0) is 30.3 Å². The zero-order valence-electron chi connectivity index (χ0n) is 15.9. The number of para-hydroxylation sites is 1. The third kappa shape index (κ3) is 3.16. The summed E-state index contributed by atoms with van der Waals surface area (Å²) in [5.41, 5.74) is 4.39. The Morgan fingerprint density at radius 2 is 1.89 bits per heavy atom. The lowest BCUT2D eigenvalue weighted by molar-refractivity contribution is -0.426. The fraction of sp³-hybridized carbons (Fsp3) is 0.273. The highest BCUT2D eigenvalue weighted by Crippen LogP contribution is 2.41. The highest BCUT2D eigenvalue weighted by atomic mass is 16.6. The van der Waals surface area contributed by atoms with E-state index in [1.165, 1.54) is 0 Å². The van der Waals surface area contributed by atoms with Gasteiger partial charge in [0.2, 0.25) is 5.70 Å². The second-order valence-electron chi connectivity index (χ2n) is 6.98. The molecule has 144 valence electrons. The summed E-state index contributed by atoms with van der Waals surface area (Å²) in [6, 6.07) is 16.0. The summed E-state index contributed by atoms with van der Waals surface area (Å²) < 4.78 is 12.9. The molecule has 1 aliphatic carbocycles. The van der Waals surface area contributed by atoms with E-state index in [2.05, 4.69) is 10.6 Å². The highest BCUT2D eigenvalue weighted by molar-refractivity contribution is 5.93. The molecule has 0 saturated carbocycles. The molecule has 2 aromatic carbocycles. The molecule has 1 aromatic heterocycles. The van der Waals surface area contributed by atoms with Gasteiger partial charge in [-0.15, -0.1) is 0 Å². The second-order valence-corrected chi connectivity index (χ2v) is 6.98. The first kappa shape index (κ1) is 18.3. The van der Waals surface area contributed by atoms with Gasteiger partial charge in [0.25, 0.3) is 0 Å². The van der Waals surface area contributed by atoms with Crippen molar-refractivity contribution < 1.29 is 14.4 Å². The number of hydrogen-bond donors (Lipinski definition) is 0. The lowest BCUT2D eigenvalue weighted by Crippen LogP contribution is -2.13. The maximum atomic E-state index is 11.4. The van der Waals surface area contributed by atoms with E-state index in [-0.39, 0.29) is 16.5 Å². The van der Waals surface area contributed by atoms with E-state index in [0.29, 0.717) is 19.6 Å². The molecule has 1 unspecified atom stereocenters. The second kappa shape index (κ2) is 7.48. The van der Waals surface area contributed by atoms with Crippen LogP contribution in [-0.4, -0.2) is 29.8 Å². The number of nitrogens with zero attached hydrogens (tertiary/aromatic N) is 2. The van der Waals surface area contributed by atoms with Crippen LogP contribution in [0.1, 0.15) is 30.5 Å². The predicted molar refractivity (Wildman–Crippen MR) is 109 cm³/mol. The molecule has 28 heavy (non-hydrogen) atoms. The average molecular weight is 378 g/mol. The first-order valence-corrected chi connectivity index (χ1v) is 9.30. The monoisotopic (exact) mass is 378 g/mol. The van der Waals surface area contributed by atoms with Crippen molar-refractivity contribution in [2.24, 2.45) is 0 Å². The standard InChI is InChI=1S/C22H22N2O4/c1-15-13-17(24(25)26)14-20-19-5-3-4-6-21(19)23(22(15)20)16-7-9-18(10-8-16)28-12-11-27-2/h3-10,14-15H,11-13H2,1-2H3. The molecule has 1 aliphatic rings. The number of rotatable bonds is 6. The topological polar surface area (TPSA) is 66.5 Å². The summed E-state index contributed by atoms with van der Waals surface area (Å²) in [6.07, 6.45) is 2.16. The summed E-state index contributed by atoms with van der Waals surface area (Å²) >= 11 is 0. The van der Waals surface area contributed by atoms with Crippen molar-refractivity contribution in [1.82, 2.24) is 4.57 Å². The van der Waals surface area contributed by atoms with Crippen LogP contribution in [-0.2, 0) is 4.74 Å². The molecular weight excluding hydrogens is 356 g/mol. The molecular formula is C22H22N2O4. The van der Waals surface area contributed by atoms with Gasteiger partial charge >= 0.3 is 0 Å². The fourth-order valence-electron chi connectivity index (χ4n) is 3.90. The smallest absolute Gasteiger partial charge is 0.247 e. The van der Waals surface area contributed by atoms with Crippen LogP contribution in [0, 0.1) is 10.1 Å². The summed E-state index contributed by atoms with van der Waals surface area (Å²) in [5.74, 6) is 0.833. The molecule has 6 heteroatoms. The highest BCUT2D eigenvalue weighted by Gasteiger charge is 2.30. The molecule has 1 heterocycles. The van der Waals surface area contributed by atoms with E-state index in [0.717, 1.165) is 33.6 Å². The molecule has 6 nitrogen and oxygen atoms in total. The summed E-state index contributed by atoms with van der Waals surface area (Å²) in [5, 5.41) is 12.4. The maximum absolute atomic E-state index is 11.4. The largest absolute Gasteiger partial charge is 0.491 e. The van der Waals surface area contributed by atoms with E-state index in [1.54, 1.807) is 13.2 Å². The van der Waals surface area contributed by atoms with Gasteiger partial charge in [-0.25, -0.2) is 0 Å². The molecule has 4 rings (SSSR count). The Morgan fingerprint density at radius 3 is 2.61 bits per heavy atom. The first-order chi connectivity index (χ1) is 13.6. The van der Waals surface area contributed by atoms with E-state index >= 15 is 0 Å². The third-order valence-electron chi connectivity index (χ3n) is 5.13. The molecule has 0 saturated heterocycles. The van der Waals surface area contributed by atoms with Crippen LogP contribution in [0.2, 0.25) is 0 Å². The molecule has 0 radical (unpaired) electrons. The van der Waals surface area contributed by atoms with Crippen molar-refractivity contribution >= 4 is 17.0 Å². The van der Waals surface area contributed by atoms with Crippen molar-refractivity contribution in [2.45, 2.75) is 19.3 Å². The first-order valence-electron chi connectivity index (χ1n) is 9.30. The minimum Gasteiger partial charge on any atom is -0.491 e. The minimum atomic E-state index is -0.266. The Kier molecular flexibility index (Phi) is 4.88. The van der Waals surface area contributed by atoms with Crippen LogP contribution in [0.15, 0.2) is 54.2 Å². The van der Waals surface area contributed by atoms with Crippen molar-refractivity contribution in [3.05, 3.63) is 75.6 Å². The number of fused-ring (bicyclic) bond motifs is 3. The zero-order chi connectivity index (χ0) is 19.7. The van der Waals surface area contributed by atoms with Gasteiger partial charge in [-0.2, -0.15) is 0 Å². The quantitative estimate of drug-likeness (QED) is 0.352. The van der Waals surface area contributed by atoms with Gasteiger partial charge in [0.1, 0.15) is 12.4 Å². The lowest BCUT2D eigenvalue weighted by atomic mass is 9.91. The SMILES string of the molecule is COCCOc1ccc(-n2c3c(c4ccccc42)C=C([N+](=O)[O-])CC3C)cc1. The van der Waals surface area contributed by atoms with Gasteiger partial charge in [0.05, 0.1) is 17.0 Å². The zero-order valence-corrected chi connectivity index (χ0v) is 15.9. The minimum absolute atomic E-state index is 0.0467. The number of nitro groups is 1. The van der Waals surface area contributed by atoms with Crippen LogP contribution in [0.4, 0.5) is 0 Å². The maximum Gasteiger partial charge on any atom is 0.247 e. The Balaban J connectivity index is 1.83.